The van der Waals surface area contributed by atoms with Crippen LogP contribution in [0, 0.1) is 0 Å². The van der Waals surface area contributed by atoms with Crippen LogP contribution >= 0.6 is 0 Å². The molecule has 28 heavy (non-hydrogen) atoms. The first-order chi connectivity index (χ1) is 13.7. The van der Waals surface area contributed by atoms with Gasteiger partial charge < -0.3 is 29.4 Å². The predicted octanol–water partition coefficient (Wildman–Crippen LogP) is 3.21. The molecule has 0 heterocycles. The topological polar surface area (TPSA) is 89.2 Å². The van der Waals surface area contributed by atoms with E-state index in [0.717, 1.165) is 25.7 Å². The number of ether oxygens (including phenoxy) is 5. The molecule has 0 unspecified atom stereocenters. The van der Waals surface area contributed by atoms with Crippen molar-refractivity contribution in [2.45, 2.75) is 39.0 Å². The van der Waals surface area contributed by atoms with Crippen LogP contribution in [0.25, 0.3) is 0 Å². The Bertz CT molecular complexity index is 511. The zero-order chi connectivity index (χ0) is 20.3. The Morgan fingerprint density at radius 3 is 2.07 bits per heavy atom. The van der Waals surface area contributed by atoms with Crippen molar-refractivity contribution in [3.63, 3.8) is 0 Å². The Hall–Kier alpha value is -1.83. The fraction of sp³-hybridized carbons (Fsp3) is 0.667. The molecule has 0 amide bonds. The minimum Gasteiger partial charge on any atom is -0.489 e. The Labute approximate surface area is 168 Å². The van der Waals surface area contributed by atoms with Gasteiger partial charge in [0.05, 0.1) is 45.3 Å². The first-order valence-electron chi connectivity index (χ1n) is 10.1. The first kappa shape index (κ1) is 24.2. The van der Waals surface area contributed by atoms with Crippen LogP contribution in [0.4, 0.5) is 5.69 Å². The fourth-order valence-corrected chi connectivity index (χ4v) is 2.35. The van der Waals surface area contributed by atoms with Crippen molar-refractivity contribution in [2.75, 3.05) is 58.6 Å². The van der Waals surface area contributed by atoms with E-state index in [1.807, 2.05) is 18.2 Å². The zero-order valence-corrected chi connectivity index (χ0v) is 17.0. The van der Waals surface area contributed by atoms with Crippen LogP contribution in [0.5, 0.6) is 5.75 Å². The molecule has 7 nitrogen and oxygen atoms in total. The van der Waals surface area contributed by atoms with Gasteiger partial charge in [0.1, 0.15) is 19.0 Å². The second-order valence-corrected chi connectivity index (χ2v) is 6.25. The molecule has 0 saturated carbocycles. The molecule has 0 aliphatic rings. The predicted molar refractivity (Wildman–Crippen MR) is 109 cm³/mol. The first-order valence-corrected chi connectivity index (χ1v) is 10.1. The lowest BCUT2D eigenvalue weighted by Gasteiger charge is -2.09. The van der Waals surface area contributed by atoms with Gasteiger partial charge in [0.25, 0.3) is 0 Å². The lowest BCUT2D eigenvalue weighted by Crippen LogP contribution is -2.15. The molecule has 7 heteroatoms. The molecule has 0 radical (unpaired) electrons. The number of nitrogen functional groups attached to an aromatic ring is 1. The van der Waals surface area contributed by atoms with Gasteiger partial charge in [-0.15, -0.1) is 0 Å². The number of hydrogen-bond acceptors (Lipinski definition) is 7. The summed E-state index contributed by atoms with van der Waals surface area (Å²) in [6, 6.07) is 7.36. The average Bonchev–Trinajstić information content (AvgIpc) is 2.70. The lowest BCUT2D eigenvalue weighted by molar-refractivity contribution is -0.145. The van der Waals surface area contributed by atoms with Gasteiger partial charge in [-0.1, -0.05) is 38.3 Å². The zero-order valence-electron chi connectivity index (χ0n) is 17.0. The quantitative estimate of drug-likeness (QED) is 0.231. The molecule has 160 valence electrons. The highest BCUT2D eigenvalue weighted by Gasteiger charge is 2.02. The summed E-state index contributed by atoms with van der Waals surface area (Å²) in [6.45, 7) is 5.66. The van der Waals surface area contributed by atoms with Gasteiger partial charge in [-0.3, -0.25) is 4.79 Å². The van der Waals surface area contributed by atoms with E-state index in [1.54, 1.807) is 6.07 Å². The summed E-state index contributed by atoms with van der Waals surface area (Å²) in [6.07, 6.45) is 4.80. The number of rotatable bonds is 18. The maximum absolute atomic E-state index is 11.5. The standard InChI is InChI=1S/C21H35NO6/c1-2-3-4-5-10-21(23)28-18-16-26-14-12-24-11-13-25-15-17-27-20-9-7-6-8-19(20)22/h6-9H,2-5,10-18,22H2,1H3. The molecule has 1 aromatic carbocycles. The van der Waals surface area contributed by atoms with Crippen LogP contribution in [-0.4, -0.2) is 58.8 Å². The summed E-state index contributed by atoms with van der Waals surface area (Å²) in [5.74, 6) is 0.522. The van der Waals surface area contributed by atoms with E-state index < -0.39 is 0 Å². The molecule has 0 atom stereocenters. The Morgan fingerprint density at radius 2 is 1.43 bits per heavy atom. The Kier molecular flexibility index (Phi) is 14.9. The van der Waals surface area contributed by atoms with Gasteiger partial charge in [-0.25, -0.2) is 0 Å². The second-order valence-electron chi connectivity index (χ2n) is 6.25. The number of unbranched alkanes of at least 4 members (excludes halogenated alkanes) is 3. The molecule has 1 rings (SSSR count). The normalized spacial score (nSPS) is 10.8. The van der Waals surface area contributed by atoms with Gasteiger partial charge in [-0.05, 0) is 18.6 Å². The molecule has 0 saturated heterocycles. The van der Waals surface area contributed by atoms with Crippen molar-refractivity contribution in [1.29, 1.82) is 0 Å². The third-order valence-electron chi connectivity index (χ3n) is 3.87. The largest absolute Gasteiger partial charge is 0.489 e. The highest BCUT2D eigenvalue weighted by atomic mass is 16.6. The molecule has 0 aliphatic heterocycles. The van der Waals surface area contributed by atoms with Crippen molar-refractivity contribution in [3.8, 4) is 5.75 Å². The van der Waals surface area contributed by atoms with E-state index in [4.69, 9.17) is 29.4 Å². The fourth-order valence-electron chi connectivity index (χ4n) is 2.35. The van der Waals surface area contributed by atoms with E-state index >= 15 is 0 Å². The average molecular weight is 398 g/mol. The highest BCUT2D eigenvalue weighted by Crippen LogP contribution is 2.19. The number of hydrogen-bond donors (Lipinski definition) is 1. The summed E-state index contributed by atoms with van der Waals surface area (Å²) in [5.41, 5.74) is 6.40. The summed E-state index contributed by atoms with van der Waals surface area (Å²) >= 11 is 0. The van der Waals surface area contributed by atoms with Gasteiger partial charge in [0.15, 0.2) is 0 Å². The third-order valence-corrected chi connectivity index (χ3v) is 3.87. The molecular weight excluding hydrogens is 362 g/mol. The molecule has 0 aromatic heterocycles. The molecule has 0 fully saturated rings. The summed E-state index contributed by atoms with van der Waals surface area (Å²) in [4.78, 5) is 11.5. The van der Waals surface area contributed by atoms with Crippen LogP contribution in [0.2, 0.25) is 0 Å². The Balaban J connectivity index is 1.78. The van der Waals surface area contributed by atoms with Gasteiger partial charge in [0, 0.05) is 6.42 Å². The minimum absolute atomic E-state index is 0.146. The van der Waals surface area contributed by atoms with Gasteiger partial charge in [-0.2, -0.15) is 0 Å². The van der Waals surface area contributed by atoms with Crippen LogP contribution < -0.4 is 10.5 Å². The number of para-hydroxylation sites is 2. The molecule has 2 N–H and O–H groups in total. The molecule has 0 bridgehead atoms. The number of anilines is 1. The van der Waals surface area contributed by atoms with Crippen LogP contribution in [0.3, 0.4) is 0 Å². The van der Waals surface area contributed by atoms with Crippen LogP contribution in [0.15, 0.2) is 24.3 Å². The minimum atomic E-state index is -0.146. The number of benzene rings is 1. The van der Waals surface area contributed by atoms with Crippen molar-refractivity contribution < 1.29 is 28.5 Å². The molecule has 1 aromatic rings. The number of carbonyl (C=O) groups is 1. The monoisotopic (exact) mass is 397 g/mol. The molecule has 0 aliphatic carbocycles. The van der Waals surface area contributed by atoms with Gasteiger partial charge in [0.2, 0.25) is 0 Å². The van der Waals surface area contributed by atoms with Crippen molar-refractivity contribution in [2.24, 2.45) is 0 Å². The summed E-state index contributed by atoms with van der Waals surface area (Å²) in [7, 11) is 0. The summed E-state index contributed by atoms with van der Waals surface area (Å²) in [5, 5.41) is 0. The number of carbonyl (C=O) groups excluding carboxylic acids is 1. The Morgan fingerprint density at radius 1 is 0.821 bits per heavy atom. The van der Waals surface area contributed by atoms with Gasteiger partial charge >= 0.3 is 5.97 Å². The lowest BCUT2D eigenvalue weighted by atomic mass is 10.2. The van der Waals surface area contributed by atoms with E-state index in [1.165, 1.54) is 0 Å². The smallest absolute Gasteiger partial charge is 0.305 e. The van der Waals surface area contributed by atoms with E-state index in [9.17, 15) is 4.79 Å². The van der Waals surface area contributed by atoms with Crippen molar-refractivity contribution in [1.82, 2.24) is 0 Å². The highest BCUT2D eigenvalue weighted by molar-refractivity contribution is 5.69. The van der Waals surface area contributed by atoms with Crippen molar-refractivity contribution >= 4 is 11.7 Å². The maximum Gasteiger partial charge on any atom is 0.305 e. The number of esters is 1. The van der Waals surface area contributed by atoms with Crippen LogP contribution in [0.1, 0.15) is 39.0 Å². The van der Waals surface area contributed by atoms with E-state index in [2.05, 4.69) is 6.92 Å². The maximum atomic E-state index is 11.5. The third kappa shape index (κ3) is 13.4. The summed E-state index contributed by atoms with van der Waals surface area (Å²) < 4.78 is 26.8. The van der Waals surface area contributed by atoms with Crippen molar-refractivity contribution in [3.05, 3.63) is 24.3 Å². The number of nitrogens with two attached hydrogens (primary N) is 1. The van der Waals surface area contributed by atoms with E-state index in [0.29, 0.717) is 70.7 Å². The molecular formula is C21H35NO6. The van der Waals surface area contributed by atoms with Crippen LogP contribution in [-0.2, 0) is 23.7 Å². The second kappa shape index (κ2) is 17.3. The SMILES string of the molecule is CCCCCCC(=O)OCCOCCOCCOCCOc1ccccc1N. The molecule has 0 spiro atoms. The van der Waals surface area contributed by atoms with E-state index in [-0.39, 0.29) is 5.97 Å².